The number of aromatic nitrogens is 1. The molecule has 1 atom stereocenters. The van der Waals surface area contributed by atoms with Crippen LogP contribution in [0, 0.1) is 5.92 Å². The van der Waals surface area contributed by atoms with Crippen molar-refractivity contribution in [3.8, 4) is 5.75 Å². The SMILES string of the molecule is COc1ccc2cc(C(=O)OC(C)C(=O)N3CCC(Cc4ccccc4)CC3)[nH]c2c1. The van der Waals surface area contributed by atoms with E-state index in [0.29, 0.717) is 30.5 Å². The Morgan fingerprint density at radius 1 is 1.10 bits per heavy atom. The average molecular weight is 421 g/mol. The van der Waals surface area contributed by atoms with Crippen LogP contribution in [0.2, 0.25) is 0 Å². The fourth-order valence-corrected chi connectivity index (χ4v) is 4.18. The third-order valence-electron chi connectivity index (χ3n) is 5.97. The summed E-state index contributed by atoms with van der Waals surface area (Å²) in [5.74, 6) is 0.611. The Morgan fingerprint density at radius 3 is 2.55 bits per heavy atom. The number of amides is 1. The molecule has 1 saturated heterocycles. The van der Waals surface area contributed by atoms with Gasteiger partial charge in [-0.25, -0.2) is 4.79 Å². The Labute approximate surface area is 182 Å². The Morgan fingerprint density at radius 2 is 1.84 bits per heavy atom. The maximum Gasteiger partial charge on any atom is 0.355 e. The number of aromatic amines is 1. The number of H-pyrrole nitrogens is 1. The highest BCUT2D eigenvalue weighted by molar-refractivity contribution is 5.96. The lowest BCUT2D eigenvalue weighted by Crippen LogP contribution is -2.44. The van der Waals surface area contributed by atoms with Gasteiger partial charge in [0.1, 0.15) is 11.4 Å². The molecule has 3 aromatic rings. The van der Waals surface area contributed by atoms with Crippen molar-refractivity contribution >= 4 is 22.8 Å². The van der Waals surface area contributed by atoms with Crippen LogP contribution < -0.4 is 4.74 Å². The van der Waals surface area contributed by atoms with Crippen molar-refractivity contribution in [2.75, 3.05) is 20.2 Å². The molecule has 6 heteroatoms. The van der Waals surface area contributed by atoms with Crippen LogP contribution in [-0.2, 0) is 16.0 Å². The molecule has 0 spiro atoms. The van der Waals surface area contributed by atoms with Crippen molar-refractivity contribution < 1.29 is 19.1 Å². The molecule has 1 fully saturated rings. The monoisotopic (exact) mass is 420 g/mol. The number of ether oxygens (including phenoxy) is 2. The number of hydrogen-bond donors (Lipinski definition) is 1. The number of benzene rings is 2. The number of carbonyl (C=O) groups excluding carboxylic acids is 2. The minimum atomic E-state index is -0.820. The van der Waals surface area contributed by atoms with Gasteiger partial charge in [0, 0.05) is 30.1 Å². The molecule has 1 aliphatic heterocycles. The van der Waals surface area contributed by atoms with Crippen LogP contribution >= 0.6 is 0 Å². The van der Waals surface area contributed by atoms with Gasteiger partial charge in [-0.2, -0.15) is 0 Å². The van der Waals surface area contributed by atoms with Crippen LogP contribution in [0.3, 0.4) is 0 Å². The fraction of sp³-hybridized carbons (Fsp3) is 0.360. The van der Waals surface area contributed by atoms with E-state index in [1.165, 1.54) is 5.56 Å². The summed E-state index contributed by atoms with van der Waals surface area (Å²) in [5.41, 5.74) is 2.45. The summed E-state index contributed by atoms with van der Waals surface area (Å²) in [4.78, 5) is 30.2. The number of hydrogen-bond acceptors (Lipinski definition) is 4. The number of esters is 1. The first kappa shape index (κ1) is 21.0. The van der Waals surface area contributed by atoms with E-state index in [0.717, 1.165) is 30.2 Å². The predicted octanol–water partition coefficient (Wildman–Crippen LogP) is 4.20. The van der Waals surface area contributed by atoms with E-state index < -0.39 is 12.1 Å². The summed E-state index contributed by atoms with van der Waals surface area (Å²) in [7, 11) is 1.59. The summed E-state index contributed by atoms with van der Waals surface area (Å²) >= 11 is 0. The van der Waals surface area contributed by atoms with Gasteiger partial charge in [0.2, 0.25) is 0 Å². The topological polar surface area (TPSA) is 71.6 Å². The average Bonchev–Trinajstić information content (AvgIpc) is 3.23. The number of carbonyl (C=O) groups is 2. The van der Waals surface area contributed by atoms with Crippen molar-refractivity contribution in [1.29, 1.82) is 0 Å². The molecule has 1 N–H and O–H groups in total. The van der Waals surface area contributed by atoms with Crippen molar-refractivity contribution in [2.45, 2.75) is 32.3 Å². The van der Waals surface area contributed by atoms with Gasteiger partial charge in [0.05, 0.1) is 7.11 Å². The number of fused-ring (bicyclic) bond motifs is 1. The highest BCUT2D eigenvalue weighted by atomic mass is 16.5. The van der Waals surface area contributed by atoms with E-state index in [4.69, 9.17) is 9.47 Å². The third-order valence-corrected chi connectivity index (χ3v) is 5.97. The molecule has 0 saturated carbocycles. The smallest absolute Gasteiger partial charge is 0.355 e. The first-order valence-electron chi connectivity index (χ1n) is 10.7. The number of rotatable bonds is 6. The molecule has 2 heterocycles. The van der Waals surface area contributed by atoms with Crippen molar-refractivity contribution in [3.63, 3.8) is 0 Å². The van der Waals surface area contributed by atoms with Crippen molar-refractivity contribution in [1.82, 2.24) is 9.88 Å². The molecular formula is C25H28N2O4. The van der Waals surface area contributed by atoms with Gasteiger partial charge in [0.15, 0.2) is 6.10 Å². The molecule has 0 aliphatic carbocycles. The highest BCUT2D eigenvalue weighted by Gasteiger charge is 2.28. The Bertz CT molecular complexity index is 1050. The lowest BCUT2D eigenvalue weighted by molar-refractivity contribution is -0.141. The second-order valence-electron chi connectivity index (χ2n) is 8.14. The summed E-state index contributed by atoms with van der Waals surface area (Å²) in [5, 5.41) is 0.882. The molecule has 6 nitrogen and oxygen atoms in total. The molecule has 1 aliphatic rings. The van der Waals surface area contributed by atoms with Crippen LogP contribution in [0.1, 0.15) is 35.8 Å². The first-order chi connectivity index (χ1) is 15.0. The zero-order valence-electron chi connectivity index (χ0n) is 18.0. The molecule has 2 aromatic carbocycles. The fourth-order valence-electron chi connectivity index (χ4n) is 4.18. The van der Waals surface area contributed by atoms with Gasteiger partial charge in [-0.3, -0.25) is 4.79 Å². The summed E-state index contributed by atoms with van der Waals surface area (Å²) in [6, 6.07) is 17.7. The number of piperidine rings is 1. The van der Waals surface area contributed by atoms with Gasteiger partial charge in [0.25, 0.3) is 5.91 Å². The van der Waals surface area contributed by atoms with Gasteiger partial charge >= 0.3 is 5.97 Å². The van der Waals surface area contributed by atoms with E-state index in [1.807, 2.05) is 29.2 Å². The molecule has 1 aromatic heterocycles. The molecule has 1 unspecified atom stereocenters. The molecule has 1 amide bonds. The standard InChI is InChI=1S/C25H28N2O4/c1-17(31-25(29)23-15-20-8-9-21(30-2)16-22(20)26-23)24(28)27-12-10-19(11-13-27)14-18-6-4-3-5-7-18/h3-9,15-17,19,26H,10-14H2,1-2H3. The first-order valence-corrected chi connectivity index (χ1v) is 10.7. The summed E-state index contributed by atoms with van der Waals surface area (Å²) < 4.78 is 10.7. The van der Waals surface area contributed by atoms with E-state index in [9.17, 15) is 9.59 Å². The summed E-state index contributed by atoms with van der Waals surface area (Å²) in [6.07, 6.45) is 2.15. The Hall–Kier alpha value is -3.28. The van der Waals surface area contributed by atoms with Gasteiger partial charge in [-0.15, -0.1) is 0 Å². The molecule has 162 valence electrons. The second-order valence-corrected chi connectivity index (χ2v) is 8.14. The zero-order valence-corrected chi connectivity index (χ0v) is 18.0. The minimum Gasteiger partial charge on any atom is -0.497 e. The normalized spacial score (nSPS) is 15.6. The van der Waals surface area contributed by atoms with Crippen LogP contribution in [0.15, 0.2) is 54.6 Å². The van der Waals surface area contributed by atoms with Crippen LogP contribution in [-0.4, -0.2) is 48.1 Å². The molecular weight excluding hydrogens is 392 g/mol. The van der Waals surface area contributed by atoms with E-state index in [2.05, 4.69) is 29.2 Å². The van der Waals surface area contributed by atoms with Crippen molar-refractivity contribution in [2.24, 2.45) is 5.92 Å². The maximum atomic E-state index is 12.8. The zero-order chi connectivity index (χ0) is 21.8. The molecule has 0 radical (unpaired) electrons. The summed E-state index contributed by atoms with van der Waals surface area (Å²) in [6.45, 7) is 3.04. The lowest BCUT2D eigenvalue weighted by atomic mass is 9.90. The number of methoxy groups -OCH3 is 1. The van der Waals surface area contributed by atoms with Gasteiger partial charge in [-0.1, -0.05) is 30.3 Å². The molecule has 31 heavy (non-hydrogen) atoms. The predicted molar refractivity (Wildman–Crippen MR) is 119 cm³/mol. The van der Waals surface area contributed by atoms with E-state index in [1.54, 1.807) is 20.1 Å². The molecule has 0 bridgehead atoms. The van der Waals surface area contributed by atoms with Gasteiger partial charge < -0.3 is 19.4 Å². The van der Waals surface area contributed by atoms with Gasteiger partial charge in [-0.05, 0) is 55.9 Å². The largest absolute Gasteiger partial charge is 0.497 e. The highest BCUT2D eigenvalue weighted by Crippen LogP contribution is 2.24. The molecule has 4 rings (SSSR count). The van der Waals surface area contributed by atoms with Crippen LogP contribution in [0.25, 0.3) is 10.9 Å². The Kier molecular flexibility index (Phi) is 6.26. The van der Waals surface area contributed by atoms with E-state index in [-0.39, 0.29) is 5.91 Å². The van der Waals surface area contributed by atoms with Crippen LogP contribution in [0.5, 0.6) is 5.75 Å². The van der Waals surface area contributed by atoms with E-state index >= 15 is 0 Å². The van der Waals surface area contributed by atoms with Crippen LogP contribution in [0.4, 0.5) is 0 Å². The quantitative estimate of drug-likeness (QED) is 0.607. The lowest BCUT2D eigenvalue weighted by Gasteiger charge is -2.33. The van der Waals surface area contributed by atoms with Crippen molar-refractivity contribution in [3.05, 3.63) is 65.9 Å². The minimum absolute atomic E-state index is 0.135. The second kappa shape index (κ2) is 9.25. The number of nitrogens with zero attached hydrogens (tertiary/aromatic N) is 1. The Balaban J connectivity index is 1.31. The third kappa shape index (κ3) is 4.90. The maximum absolute atomic E-state index is 12.8. The number of nitrogens with one attached hydrogen (secondary N) is 1. The number of likely N-dealkylation sites (tertiary alicyclic amines) is 1.